The first-order chi connectivity index (χ1) is 9.16. The Balaban J connectivity index is 2.16. The van der Waals surface area contributed by atoms with Crippen LogP contribution in [0.5, 0.6) is 0 Å². The molecule has 19 heavy (non-hydrogen) atoms. The Morgan fingerprint density at radius 3 is 2.53 bits per heavy atom. The molecule has 0 unspecified atom stereocenters. The van der Waals surface area contributed by atoms with Gasteiger partial charge in [-0.3, -0.25) is 4.57 Å². The Hall–Kier alpha value is -2.43. The highest BCUT2D eigenvalue weighted by atomic mass is 19.1. The molecule has 0 aliphatic carbocycles. The smallest absolute Gasteiger partial charge is 0.303 e. The normalized spacial score (nSPS) is 11.1. The second-order valence-corrected chi connectivity index (χ2v) is 4.24. The van der Waals surface area contributed by atoms with Gasteiger partial charge >= 0.3 is 5.69 Å². The number of para-hydroxylation sites is 1. The fourth-order valence-electron chi connectivity index (χ4n) is 2.10. The molecule has 2 aromatic carbocycles. The minimum atomic E-state index is -0.498. The van der Waals surface area contributed by atoms with Crippen LogP contribution in [0.25, 0.3) is 11.0 Å². The summed E-state index contributed by atoms with van der Waals surface area (Å²) >= 11 is 0. The van der Waals surface area contributed by atoms with Gasteiger partial charge in [-0.2, -0.15) is 0 Å². The minimum absolute atomic E-state index is 0.0644. The summed E-state index contributed by atoms with van der Waals surface area (Å²) in [5, 5.41) is 0. The Morgan fingerprint density at radius 1 is 1.00 bits per heavy atom. The zero-order valence-electron chi connectivity index (χ0n) is 9.86. The summed E-state index contributed by atoms with van der Waals surface area (Å²) in [5.74, 6) is -0.887. The molecule has 0 saturated heterocycles. The third kappa shape index (κ3) is 1.93. The molecule has 3 rings (SSSR count). The van der Waals surface area contributed by atoms with Crippen LogP contribution in [0.2, 0.25) is 0 Å². The van der Waals surface area contributed by atoms with Crippen molar-refractivity contribution in [3.63, 3.8) is 0 Å². The van der Waals surface area contributed by atoms with Crippen LogP contribution in [0.15, 0.2) is 47.3 Å². The molecule has 0 atom stereocenters. The number of hydrogen-bond donors (Lipinski definition) is 1. The van der Waals surface area contributed by atoms with E-state index in [0.29, 0.717) is 11.1 Å². The first-order valence-electron chi connectivity index (χ1n) is 5.77. The number of H-pyrrole nitrogens is 1. The number of rotatable bonds is 2. The Labute approximate surface area is 107 Å². The Morgan fingerprint density at radius 2 is 1.74 bits per heavy atom. The lowest BCUT2D eigenvalue weighted by atomic mass is 10.2. The summed E-state index contributed by atoms with van der Waals surface area (Å²) < 4.78 is 28.4. The molecule has 0 saturated carbocycles. The maximum atomic E-state index is 13.6. The van der Waals surface area contributed by atoms with Gasteiger partial charge in [-0.1, -0.05) is 24.3 Å². The molecule has 5 heteroatoms. The molecule has 0 spiro atoms. The highest BCUT2D eigenvalue weighted by Crippen LogP contribution is 2.16. The molecule has 3 aromatic rings. The van der Waals surface area contributed by atoms with Crippen molar-refractivity contribution < 1.29 is 8.78 Å². The van der Waals surface area contributed by atoms with Crippen molar-refractivity contribution >= 4 is 11.0 Å². The maximum Gasteiger partial charge on any atom is 0.326 e. The van der Waals surface area contributed by atoms with E-state index in [1.54, 1.807) is 24.3 Å². The summed E-state index contributed by atoms with van der Waals surface area (Å²) in [4.78, 5) is 14.3. The van der Waals surface area contributed by atoms with Crippen molar-refractivity contribution in [1.29, 1.82) is 0 Å². The molecular weight excluding hydrogens is 250 g/mol. The van der Waals surface area contributed by atoms with Gasteiger partial charge in [-0.25, -0.2) is 13.6 Å². The molecule has 3 nitrogen and oxygen atoms in total. The highest BCUT2D eigenvalue weighted by molar-refractivity contribution is 5.75. The van der Waals surface area contributed by atoms with E-state index in [2.05, 4.69) is 4.98 Å². The predicted octanol–water partition coefficient (Wildman–Crippen LogP) is 2.66. The topological polar surface area (TPSA) is 37.8 Å². The van der Waals surface area contributed by atoms with Gasteiger partial charge in [-0.05, 0) is 18.2 Å². The van der Waals surface area contributed by atoms with Crippen molar-refractivity contribution in [2.75, 3.05) is 0 Å². The number of nitrogens with zero attached hydrogens (tertiary/aromatic N) is 1. The van der Waals surface area contributed by atoms with E-state index in [-0.39, 0.29) is 17.9 Å². The van der Waals surface area contributed by atoms with Gasteiger partial charge in [-0.15, -0.1) is 0 Å². The molecule has 0 bridgehead atoms. The van der Waals surface area contributed by atoms with Gasteiger partial charge in [0.05, 0.1) is 12.1 Å². The van der Waals surface area contributed by atoms with Crippen molar-refractivity contribution in [2.45, 2.75) is 6.54 Å². The van der Waals surface area contributed by atoms with Gasteiger partial charge in [0.2, 0.25) is 0 Å². The monoisotopic (exact) mass is 260 g/mol. The second kappa shape index (κ2) is 4.35. The lowest BCUT2D eigenvalue weighted by molar-refractivity contribution is 0.599. The van der Waals surface area contributed by atoms with E-state index in [4.69, 9.17) is 0 Å². The van der Waals surface area contributed by atoms with Gasteiger partial charge in [0.25, 0.3) is 0 Å². The number of aromatic nitrogens is 2. The largest absolute Gasteiger partial charge is 0.326 e. The minimum Gasteiger partial charge on any atom is -0.303 e. The lowest BCUT2D eigenvalue weighted by Crippen LogP contribution is -2.17. The fourth-order valence-corrected chi connectivity index (χ4v) is 2.10. The number of fused-ring (bicyclic) bond motifs is 1. The van der Waals surface area contributed by atoms with Crippen molar-refractivity contribution in [3.8, 4) is 0 Å². The van der Waals surface area contributed by atoms with Crippen LogP contribution < -0.4 is 5.69 Å². The molecule has 0 radical (unpaired) electrons. The predicted molar refractivity (Wildman–Crippen MR) is 68.0 cm³/mol. The summed E-state index contributed by atoms with van der Waals surface area (Å²) in [5.41, 5.74) is 0.496. The van der Waals surface area contributed by atoms with Crippen LogP contribution in [0.4, 0.5) is 8.78 Å². The Bertz CT molecular complexity index is 805. The standard InChI is InChI=1S/C14H10F2N2O/c15-10-5-2-1-4-9(10)8-18-12-7-3-6-11(16)13(12)17-14(18)19/h1-7H,8H2,(H,17,19). The molecule has 1 N–H and O–H groups in total. The third-order valence-electron chi connectivity index (χ3n) is 3.05. The zero-order valence-corrected chi connectivity index (χ0v) is 9.86. The number of benzene rings is 2. The van der Waals surface area contributed by atoms with E-state index in [0.717, 1.165) is 0 Å². The number of hydrogen-bond acceptors (Lipinski definition) is 1. The van der Waals surface area contributed by atoms with Crippen molar-refractivity contribution in [3.05, 3.63) is 70.1 Å². The molecular formula is C14H10F2N2O. The molecule has 1 heterocycles. The van der Waals surface area contributed by atoms with Crippen molar-refractivity contribution in [2.24, 2.45) is 0 Å². The van der Waals surface area contributed by atoms with Crippen LogP contribution in [-0.4, -0.2) is 9.55 Å². The average Bonchev–Trinajstić information content (AvgIpc) is 2.71. The highest BCUT2D eigenvalue weighted by Gasteiger charge is 2.11. The molecule has 96 valence electrons. The van der Waals surface area contributed by atoms with E-state index in [9.17, 15) is 13.6 Å². The number of halogens is 2. The van der Waals surface area contributed by atoms with E-state index in [1.807, 2.05) is 0 Å². The van der Waals surface area contributed by atoms with E-state index in [1.165, 1.54) is 22.8 Å². The van der Waals surface area contributed by atoms with Crippen LogP contribution >= 0.6 is 0 Å². The van der Waals surface area contributed by atoms with Gasteiger partial charge in [0, 0.05) is 5.56 Å². The third-order valence-corrected chi connectivity index (χ3v) is 3.05. The molecule has 0 aliphatic heterocycles. The summed E-state index contributed by atoms with van der Waals surface area (Å²) in [6.45, 7) is 0.0644. The summed E-state index contributed by atoms with van der Waals surface area (Å²) in [6.07, 6.45) is 0. The van der Waals surface area contributed by atoms with Crippen molar-refractivity contribution in [1.82, 2.24) is 9.55 Å². The lowest BCUT2D eigenvalue weighted by Gasteiger charge is -2.04. The molecule has 1 aromatic heterocycles. The number of nitrogens with one attached hydrogen (secondary N) is 1. The SMILES string of the molecule is O=c1[nH]c2c(F)cccc2n1Cc1ccccc1F. The first-order valence-corrected chi connectivity index (χ1v) is 5.77. The molecule has 0 aliphatic rings. The van der Waals surface area contributed by atoms with Crippen LogP contribution in [-0.2, 0) is 6.54 Å². The van der Waals surface area contributed by atoms with Gasteiger partial charge in [0.15, 0.2) is 0 Å². The van der Waals surface area contributed by atoms with Crippen LogP contribution in [0.3, 0.4) is 0 Å². The zero-order chi connectivity index (χ0) is 13.4. The van der Waals surface area contributed by atoms with Gasteiger partial charge < -0.3 is 4.98 Å². The first kappa shape index (κ1) is 11.6. The second-order valence-electron chi connectivity index (χ2n) is 4.24. The number of imidazole rings is 1. The quantitative estimate of drug-likeness (QED) is 0.755. The summed E-state index contributed by atoms with van der Waals surface area (Å²) in [6, 6.07) is 10.6. The maximum absolute atomic E-state index is 13.6. The fraction of sp³-hybridized carbons (Fsp3) is 0.0714. The summed E-state index contributed by atoms with van der Waals surface area (Å²) in [7, 11) is 0. The van der Waals surface area contributed by atoms with E-state index >= 15 is 0 Å². The van der Waals surface area contributed by atoms with E-state index < -0.39 is 11.5 Å². The molecule has 0 amide bonds. The van der Waals surface area contributed by atoms with Crippen LogP contribution in [0.1, 0.15) is 5.56 Å². The Kier molecular flexibility index (Phi) is 2.67. The van der Waals surface area contributed by atoms with Crippen LogP contribution in [0, 0.1) is 11.6 Å². The number of aromatic amines is 1. The molecule has 0 fully saturated rings. The van der Waals surface area contributed by atoms with Gasteiger partial charge in [0.1, 0.15) is 17.2 Å². The average molecular weight is 260 g/mol.